The number of nitrogens with one attached hydrogen (secondary N) is 1. The van der Waals surface area contributed by atoms with Gasteiger partial charge < -0.3 is 4.98 Å². The first-order valence-electron chi connectivity index (χ1n) is 4.75. The van der Waals surface area contributed by atoms with Crippen molar-refractivity contribution in [2.45, 2.75) is 25.3 Å². The maximum atomic E-state index is 10.5. The van der Waals surface area contributed by atoms with Crippen molar-refractivity contribution >= 4 is 10.5 Å². The van der Waals surface area contributed by atoms with E-state index in [-0.39, 0.29) is 12.0 Å². The number of hydrogen-bond donors (Lipinski definition) is 1. The number of aromatic nitrogens is 2. The first-order chi connectivity index (χ1) is 7.18. The minimum absolute atomic E-state index is 0.0639. The van der Waals surface area contributed by atoms with Gasteiger partial charge in [0.2, 0.25) is 0 Å². The van der Waals surface area contributed by atoms with E-state index in [1.807, 2.05) is 6.92 Å². The van der Waals surface area contributed by atoms with Crippen LogP contribution in [0.2, 0.25) is 0 Å². The average Bonchev–Trinajstić information content (AvgIpc) is 2.76. The Morgan fingerprint density at radius 1 is 1.67 bits per heavy atom. The predicted octanol–water partition coefficient (Wildman–Crippen LogP) is 0.565. The Labute approximate surface area is 89.0 Å². The smallest absolute Gasteiger partial charge is 0.328 e. The molecule has 15 heavy (non-hydrogen) atoms. The highest BCUT2D eigenvalue weighted by atomic mass is 32.2. The molecule has 2 heterocycles. The Balaban J connectivity index is 2.17. The maximum Gasteiger partial charge on any atom is 0.328 e. The maximum absolute atomic E-state index is 10.5. The molecule has 1 saturated heterocycles. The third-order valence-corrected chi connectivity index (χ3v) is 3.11. The van der Waals surface area contributed by atoms with Crippen LogP contribution in [0.4, 0.5) is 0 Å². The number of nitrogens with zero attached hydrogens (tertiary/aromatic N) is 3. The zero-order valence-corrected chi connectivity index (χ0v) is 9.11. The van der Waals surface area contributed by atoms with E-state index in [0.717, 1.165) is 12.2 Å². The van der Waals surface area contributed by atoms with Gasteiger partial charge >= 0.3 is 10.5 Å². The molecule has 1 aromatic heterocycles. The molecule has 0 radical (unpaired) electrons. The fourth-order valence-corrected chi connectivity index (χ4v) is 2.37. The minimum atomic E-state index is -2.37. The molecule has 0 aliphatic carbocycles. The number of hydrogen-bond acceptors (Lipinski definition) is 4. The van der Waals surface area contributed by atoms with Gasteiger partial charge in [-0.2, -0.15) is 13.4 Å². The molecule has 1 fully saturated rings. The predicted molar refractivity (Wildman–Crippen MR) is 53.5 cm³/mol. The van der Waals surface area contributed by atoms with Gasteiger partial charge in [0.1, 0.15) is 5.82 Å². The van der Waals surface area contributed by atoms with Crippen molar-refractivity contribution in [3.63, 3.8) is 0 Å². The molecular weight excluding hydrogens is 216 g/mol. The van der Waals surface area contributed by atoms with Crippen LogP contribution < -0.4 is 0 Å². The Bertz CT molecular complexity index is 445. The summed E-state index contributed by atoms with van der Waals surface area (Å²) in [6, 6.07) is 0.0639. The molecule has 2 atom stereocenters. The molecule has 2 unspecified atom stereocenters. The highest BCUT2D eigenvalue weighted by Crippen LogP contribution is 2.31. The lowest BCUT2D eigenvalue weighted by Gasteiger charge is -2.16. The Kier molecular flexibility index (Phi) is 2.83. The van der Waals surface area contributed by atoms with E-state index in [1.54, 1.807) is 17.4 Å². The topological polar surface area (TPSA) is 78.4 Å². The lowest BCUT2D eigenvalue weighted by molar-refractivity contribution is 0.274. The molecule has 0 spiro atoms. The fraction of sp³-hybridized carbons (Fsp3) is 0.625. The first-order valence-corrected chi connectivity index (χ1v) is 5.78. The number of H-pyrrole nitrogens is 1. The van der Waals surface area contributed by atoms with Crippen molar-refractivity contribution in [2.75, 3.05) is 6.54 Å². The Morgan fingerprint density at radius 2 is 2.47 bits per heavy atom. The second kappa shape index (κ2) is 4.11. The van der Waals surface area contributed by atoms with Crippen molar-refractivity contribution in [1.29, 1.82) is 0 Å². The van der Waals surface area contributed by atoms with Crippen LogP contribution in [-0.2, 0) is 10.5 Å². The average molecular weight is 228 g/mol. The van der Waals surface area contributed by atoms with E-state index in [4.69, 9.17) is 0 Å². The normalized spacial score (nSPS) is 26.7. The fourth-order valence-electron chi connectivity index (χ4n) is 1.97. The van der Waals surface area contributed by atoms with Crippen LogP contribution in [0, 0.1) is 0 Å². The summed E-state index contributed by atoms with van der Waals surface area (Å²) in [6.07, 6.45) is 4.34. The quantitative estimate of drug-likeness (QED) is 0.802. The summed E-state index contributed by atoms with van der Waals surface area (Å²) in [6.45, 7) is 2.61. The zero-order chi connectivity index (χ0) is 10.8. The monoisotopic (exact) mass is 228 g/mol. The lowest BCUT2D eigenvalue weighted by atomic mass is 10.0. The van der Waals surface area contributed by atoms with Crippen LogP contribution in [0.25, 0.3) is 0 Å². The van der Waals surface area contributed by atoms with Crippen molar-refractivity contribution in [1.82, 2.24) is 15.0 Å². The van der Waals surface area contributed by atoms with Crippen LogP contribution in [0.5, 0.6) is 0 Å². The van der Waals surface area contributed by atoms with Gasteiger partial charge in [0.05, 0.1) is 0 Å². The van der Waals surface area contributed by atoms with Crippen molar-refractivity contribution in [2.24, 2.45) is 4.47 Å². The Morgan fingerprint density at radius 3 is 3.07 bits per heavy atom. The van der Waals surface area contributed by atoms with Crippen LogP contribution >= 0.6 is 0 Å². The molecule has 2 rings (SSSR count). The van der Waals surface area contributed by atoms with Gasteiger partial charge in [-0.05, 0) is 13.3 Å². The molecule has 0 aromatic carbocycles. The van der Waals surface area contributed by atoms with Crippen LogP contribution in [-0.4, -0.2) is 36.0 Å². The van der Waals surface area contributed by atoms with Gasteiger partial charge in [0.15, 0.2) is 0 Å². The van der Waals surface area contributed by atoms with Gasteiger partial charge in [-0.1, -0.05) is 4.47 Å². The van der Waals surface area contributed by atoms with Crippen LogP contribution in [0.3, 0.4) is 0 Å². The van der Waals surface area contributed by atoms with Gasteiger partial charge in [-0.15, -0.1) is 0 Å². The second-order valence-electron chi connectivity index (χ2n) is 3.57. The molecule has 82 valence electrons. The van der Waals surface area contributed by atoms with E-state index < -0.39 is 10.5 Å². The largest absolute Gasteiger partial charge is 0.348 e. The summed E-state index contributed by atoms with van der Waals surface area (Å²) in [5.74, 6) is 1.13. The van der Waals surface area contributed by atoms with E-state index in [2.05, 4.69) is 14.4 Å². The molecule has 1 aromatic rings. The van der Waals surface area contributed by atoms with E-state index in [9.17, 15) is 8.42 Å². The molecule has 1 aliphatic rings. The summed E-state index contributed by atoms with van der Waals surface area (Å²) in [4.78, 5) is 7.23. The van der Waals surface area contributed by atoms with Crippen molar-refractivity contribution in [3.05, 3.63) is 18.2 Å². The second-order valence-corrected chi connectivity index (χ2v) is 4.17. The number of aromatic amines is 1. The van der Waals surface area contributed by atoms with Gasteiger partial charge in [0.25, 0.3) is 0 Å². The molecule has 1 N–H and O–H groups in total. The Hall–Kier alpha value is -1.21. The highest BCUT2D eigenvalue weighted by molar-refractivity contribution is 7.61. The van der Waals surface area contributed by atoms with Gasteiger partial charge in [-0.25, -0.2) is 4.98 Å². The molecule has 0 bridgehead atoms. The molecule has 1 aliphatic heterocycles. The third kappa shape index (κ3) is 2.07. The summed E-state index contributed by atoms with van der Waals surface area (Å²) in [5, 5.41) is 1.59. The van der Waals surface area contributed by atoms with Crippen LogP contribution in [0.1, 0.15) is 25.1 Å². The molecular formula is C8H12N4O2S. The van der Waals surface area contributed by atoms with E-state index in [0.29, 0.717) is 6.54 Å². The first kappa shape index (κ1) is 10.3. The van der Waals surface area contributed by atoms with Crippen molar-refractivity contribution in [3.8, 4) is 0 Å². The molecule has 6 nitrogen and oxygen atoms in total. The zero-order valence-electron chi connectivity index (χ0n) is 8.29. The van der Waals surface area contributed by atoms with Crippen LogP contribution in [0.15, 0.2) is 16.9 Å². The molecule has 0 amide bonds. The van der Waals surface area contributed by atoms with Gasteiger partial charge in [0, 0.05) is 30.9 Å². The summed E-state index contributed by atoms with van der Waals surface area (Å²) >= 11 is 0. The van der Waals surface area contributed by atoms with Crippen molar-refractivity contribution < 1.29 is 8.42 Å². The van der Waals surface area contributed by atoms with E-state index >= 15 is 0 Å². The highest BCUT2D eigenvalue weighted by Gasteiger charge is 2.33. The molecule has 7 heteroatoms. The molecule has 0 saturated carbocycles. The standard InChI is InChI=1S/C8H12N4O2S/c1-6-7(8-9-3-4-10-8)2-5-12(6)11-15(13)14/h3-4,6-7H,2,5H2,1H3,(H,9,10). The van der Waals surface area contributed by atoms with E-state index in [1.165, 1.54) is 0 Å². The minimum Gasteiger partial charge on any atom is -0.348 e. The number of imidazole rings is 1. The number of rotatable bonds is 2. The summed E-state index contributed by atoms with van der Waals surface area (Å²) in [7, 11) is -2.37. The SMILES string of the molecule is CC1C(c2ncc[nH]2)CCN1N=S(=O)=O. The summed E-state index contributed by atoms with van der Waals surface area (Å²) < 4.78 is 24.5. The summed E-state index contributed by atoms with van der Waals surface area (Å²) in [5.41, 5.74) is 0. The lowest BCUT2D eigenvalue weighted by Crippen LogP contribution is -2.24. The third-order valence-electron chi connectivity index (χ3n) is 2.76. The van der Waals surface area contributed by atoms with Gasteiger partial charge in [-0.3, -0.25) is 0 Å².